The van der Waals surface area contributed by atoms with Crippen molar-refractivity contribution in [2.24, 2.45) is 0 Å². The molecule has 0 spiro atoms. The van der Waals surface area contributed by atoms with Crippen molar-refractivity contribution in [1.29, 1.82) is 0 Å². The van der Waals surface area contributed by atoms with E-state index in [-0.39, 0.29) is 11.7 Å². The van der Waals surface area contributed by atoms with E-state index in [0.29, 0.717) is 30.4 Å². The normalized spacial score (nSPS) is 17.9. The van der Waals surface area contributed by atoms with Crippen molar-refractivity contribution in [2.45, 2.75) is 25.1 Å². The molecule has 1 heterocycles. The number of nitrogens with two attached hydrogens (primary N) is 1. The number of halogens is 3. The van der Waals surface area contributed by atoms with Gasteiger partial charge in [0.05, 0.1) is 11.4 Å². The van der Waals surface area contributed by atoms with Gasteiger partial charge in [0.2, 0.25) is 0 Å². The fraction of sp³-hybridized carbons (Fsp3) is 0.538. The van der Waals surface area contributed by atoms with Crippen molar-refractivity contribution in [3.63, 3.8) is 0 Å². The average Bonchev–Trinajstić information content (AvgIpc) is 3.18. The molecule has 4 nitrogen and oxygen atoms in total. The number of hydrogen-bond donors (Lipinski definition) is 1. The van der Waals surface area contributed by atoms with Crippen LogP contribution in [0, 0.1) is 0 Å². The van der Waals surface area contributed by atoms with Crippen molar-refractivity contribution in [1.82, 2.24) is 0 Å². The summed E-state index contributed by atoms with van der Waals surface area (Å²) in [5.74, 6) is 0.938. The maximum atomic E-state index is 12.7. The molecule has 1 aromatic rings. The summed E-state index contributed by atoms with van der Waals surface area (Å²) in [4.78, 5) is 1.31. The maximum absolute atomic E-state index is 12.7. The molecule has 110 valence electrons. The molecule has 20 heavy (non-hydrogen) atoms. The summed E-state index contributed by atoms with van der Waals surface area (Å²) in [6.45, 7) is -0.193. The second-order valence-electron chi connectivity index (χ2n) is 5.03. The number of hydrogen-bond acceptors (Lipinski definition) is 4. The van der Waals surface area contributed by atoms with Crippen LogP contribution in [-0.2, 0) is 0 Å². The van der Waals surface area contributed by atoms with Crippen LogP contribution in [0.15, 0.2) is 12.1 Å². The van der Waals surface area contributed by atoms with E-state index in [1.165, 1.54) is 11.0 Å². The monoisotopic (exact) mass is 288 g/mol. The molecule has 0 unspecified atom stereocenters. The number of anilines is 2. The third kappa shape index (κ3) is 2.71. The first-order valence-corrected chi connectivity index (χ1v) is 6.46. The van der Waals surface area contributed by atoms with Gasteiger partial charge in [0.15, 0.2) is 11.5 Å². The van der Waals surface area contributed by atoms with E-state index < -0.39 is 12.7 Å². The SMILES string of the molecule is Nc1cc2c(cc1N(CC(F)(F)F)C1CC1)OCCO2. The predicted octanol–water partition coefficient (Wildman–Crippen LogP) is 2.57. The van der Waals surface area contributed by atoms with E-state index in [4.69, 9.17) is 15.2 Å². The molecule has 0 aromatic heterocycles. The van der Waals surface area contributed by atoms with Gasteiger partial charge >= 0.3 is 6.18 Å². The van der Waals surface area contributed by atoms with Gasteiger partial charge in [-0.3, -0.25) is 0 Å². The summed E-state index contributed by atoms with van der Waals surface area (Å²) in [6.07, 6.45) is -2.75. The summed E-state index contributed by atoms with van der Waals surface area (Å²) in [5.41, 5.74) is 6.54. The smallest absolute Gasteiger partial charge is 0.405 e. The minimum absolute atomic E-state index is 0.0958. The molecule has 2 aliphatic rings. The van der Waals surface area contributed by atoms with Gasteiger partial charge in [0.1, 0.15) is 19.8 Å². The Morgan fingerprint density at radius 2 is 1.75 bits per heavy atom. The molecule has 1 aliphatic carbocycles. The van der Waals surface area contributed by atoms with E-state index in [1.54, 1.807) is 6.07 Å². The second kappa shape index (κ2) is 4.64. The van der Waals surface area contributed by atoms with Gasteiger partial charge < -0.3 is 20.1 Å². The molecule has 1 aliphatic heterocycles. The summed E-state index contributed by atoms with van der Waals surface area (Å²) in [6, 6.07) is 2.99. The first kappa shape index (κ1) is 13.2. The van der Waals surface area contributed by atoms with Crippen molar-refractivity contribution in [3.8, 4) is 11.5 Å². The molecule has 1 saturated carbocycles. The van der Waals surface area contributed by atoms with Crippen molar-refractivity contribution < 1.29 is 22.6 Å². The Hall–Kier alpha value is -1.79. The van der Waals surface area contributed by atoms with Gasteiger partial charge in [0, 0.05) is 18.2 Å². The first-order chi connectivity index (χ1) is 9.44. The van der Waals surface area contributed by atoms with Crippen molar-refractivity contribution in [3.05, 3.63) is 12.1 Å². The summed E-state index contributed by atoms with van der Waals surface area (Å²) >= 11 is 0. The minimum Gasteiger partial charge on any atom is -0.486 e. The van der Waals surface area contributed by atoms with E-state index >= 15 is 0 Å². The molecule has 0 amide bonds. The van der Waals surface area contributed by atoms with E-state index in [2.05, 4.69) is 0 Å². The molecule has 3 rings (SSSR count). The Labute approximate surface area is 114 Å². The molecule has 1 fully saturated rings. The van der Waals surface area contributed by atoms with E-state index in [1.807, 2.05) is 0 Å². The van der Waals surface area contributed by atoms with Crippen LogP contribution in [0.4, 0.5) is 24.5 Å². The topological polar surface area (TPSA) is 47.7 Å². The quantitative estimate of drug-likeness (QED) is 0.868. The number of benzene rings is 1. The molecule has 0 atom stereocenters. The number of nitrogens with zero attached hydrogens (tertiary/aromatic N) is 1. The number of nitrogen functional groups attached to an aromatic ring is 1. The van der Waals surface area contributed by atoms with Crippen molar-refractivity contribution in [2.75, 3.05) is 30.4 Å². The van der Waals surface area contributed by atoms with Crippen LogP contribution in [0.25, 0.3) is 0 Å². The third-order valence-corrected chi connectivity index (χ3v) is 3.34. The summed E-state index contributed by atoms with van der Waals surface area (Å²) < 4.78 is 48.9. The van der Waals surface area contributed by atoms with Gasteiger partial charge in [0.25, 0.3) is 0 Å². The van der Waals surface area contributed by atoms with Crippen LogP contribution in [-0.4, -0.2) is 32.0 Å². The van der Waals surface area contributed by atoms with Gasteiger partial charge in [-0.25, -0.2) is 0 Å². The second-order valence-corrected chi connectivity index (χ2v) is 5.03. The zero-order chi connectivity index (χ0) is 14.3. The summed E-state index contributed by atoms with van der Waals surface area (Å²) in [5, 5.41) is 0. The molecular weight excluding hydrogens is 273 g/mol. The Balaban J connectivity index is 1.94. The van der Waals surface area contributed by atoms with Gasteiger partial charge in [-0.1, -0.05) is 0 Å². The third-order valence-electron chi connectivity index (χ3n) is 3.34. The standard InChI is InChI=1S/C13H15F3N2O2/c14-13(15,16)7-18(8-1-2-8)10-6-12-11(5-9(10)17)19-3-4-20-12/h5-6,8H,1-4,7,17H2. The molecule has 0 bridgehead atoms. The molecule has 0 radical (unpaired) electrons. The largest absolute Gasteiger partial charge is 0.486 e. The average molecular weight is 288 g/mol. The van der Waals surface area contributed by atoms with Crippen LogP contribution in [0.2, 0.25) is 0 Å². The lowest BCUT2D eigenvalue weighted by atomic mass is 10.2. The highest BCUT2D eigenvalue weighted by molar-refractivity contribution is 5.74. The van der Waals surface area contributed by atoms with Gasteiger partial charge in [-0.15, -0.1) is 0 Å². The molecule has 1 aromatic carbocycles. The van der Waals surface area contributed by atoms with Gasteiger partial charge in [-0.05, 0) is 12.8 Å². The van der Waals surface area contributed by atoms with Crippen LogP contribution in [0.1, 0.15) is 12.8 Å². The fourth-order valence-electron chi connectivity index (χ4n) is 2.33. The zero-order valence-corrected chi connectivity index (χ0v) is 10.7. The van der Waals surface area contributed by atoms with Crippen LogP contribution in [0.5, 0.6) is 11.5 Å². The zero-order valence-electron chi connectivity index (χ0n) is 10.7. The maximum Gasteiger partial charge on any atom is 0.405 e. The highest BCUT2D eigenvalue weighted by atomic mass is 19.4. The van der Waals surface area contributed by atoms with Crippen molar-refractivity contribution >= 4 is 11.4 Å². The lowest BCUT2D eigenvalue weighted by Gasteiger charge is -2.29. The molecule has 2 N–H and O–H groups in total. The fourth-order valence-corrected chi connectivity index (χ4v) is 2.33. The molecular formula is C13H15F3N2O2. The molecule has 0 saturated heterocycles. The summed E-state index contributed by atoms with van der Waals surface area (Å²) in [7, 11) is 0. The number of fused-ring (bicyclic) bond motifs is 1. The van der Waals surface area contributed by atoms with Crippen LogP contribution in [0.3, 0.4) is 0 Å². The van der Waals surface area contributed by atoms with Gasteiger partial charge in [-0.2, -0.15) is 13.2 Å². The van der Waals surface area contributed by atoms with Crippen LogP contribution < -0.4 is 20.1 Å². The number of alkyl halides is 3. The lowest BCUT2D eigenvalue weighted by molar-refractivity contribution is -0.119. The highest BCUT2D eigenvalue weighted by Crippen LogP contribution is 2.43. The van der Waals surface area contributed by atoms with E-state index in [9.17, 15) is 13.2 Å². The Morgan fingerprint density at radius 1 is 1.15 bits per heavy atom. The minimum atomic E-state index is -4.26. The highest BCUT2D eigenvalue weighted by Gasteiger charge is 2.39. The van der Waals surface area contributed by atoms with E-state index in [0.717, 1.165) is 12.8 Å². The Kier molecular flexibility index (Phi) is 3.07. The Bertz CT molecular complexity index is 515. The Morgan fingerprint density at radius 3 is 2.30 bits per heavy atom. The molecule has 7 heteroatoms. The van der Waals surface area contributed by atoms with Crippen LogP contribution >= 0.6 is 0 Å². The number of ether oxygens (including phenoxy) is 2. The first-order valence-electron chi connectivity index (χ1n) is 6.46. The lowest BCUT2D eigenvalue weighted by Crippen LogP contribution is -2.36. The number of rotatable bonds is 3. The predicted molar refractivity (Wildman–Crippen MR) is 68.3 cm³/mol.